The number of aryl methyl sites for hydroxylation is 6. The van der Waals surface area contributed by atoms with E-state index in [-0.39, 0.29) is 152 Å². The summed E-state index contributed by atoms with van der Waals surface area (Å²) in [6.45, 7) is 5.43. The van der Waals surface area contributed by atoms with Gasteiger partial charge in [0.05, 0.1) is 6.42 Å². The van der Waals surface area contributed by atoms with E-state index in [1.807, 2.05) is 0 Å². The lowest BCUT2D eigenvalue weighted by Crippen LogP contribution is -2.45. The Morgan fingerprint density at radius 2 is 0.495 bits per heavy atom. The van der Waals surface area contributed by atoms with E-state index >= 15 is 0 Å². The molecular formula is C60H80N18O19. The molecule has 0 atom stereocenters. The first-order valence-corrected chi connectivity index (χ1v) is 31.0. The average molecular weight is 1360 g/mol. The van der Waals surface area contributed by atoms with Crippen LogP contribution in [0.2, 0.25) is 0 Å². The van der Waals surface area contributed by atoms with Gasteiger partial charge in [0.25, 0.3) is 33.4 Å². The van der Waals surface area contributed by atoms with Gasteiger partial charge in [-0.25, -0.2) is 28.8 Å². The number of carboxylic acid groups (broad SMARTS) is 1. The van der Waals surface area contributed by atoms with Gasteiger partial charge in [-0.2, -0.15) is 0 Å². The molecule has 0 aliphatic heterocycles. The van der Waals surface area contributed by atoms with E-state index in [9.17, 15) is 91.4 Å². The Bertz CT molecular complexity index is 4650. The van der Waals surface area contributed by atoms with Gasteiger partial charge in [-0.15, -0.1) is 0 Å². The second-order valence-corrected chi connectivity index (χ2v) is 23.1. The monoisotopic (exact) mass is 1360 g/mol. The Hall–Kier alpha value is -11.1. The number of amides is 5. The summed E-state index contributed by atoms with van der Waals surface area (Å²) in [5.41, 5.74) is -7.22. The lowest BCUT2D eigenvalue weighted by Gasteiger charge is -2.29. The predicted octanol–water partition coefficient (Wildman–Crippen LogP) is -5.70. The van der Waals surface area contributed by atoms with Crippen molar-refractivity contribution in [1.82, 2.24) is 87.1 Å². The SMILES string of the molecule is Cc1cn(CCNCCC(=O)N(CCC(=O)N(CCC(=O)N(CCC(=O)N(CCC(=O)N(CCC(=O)O)CCn2cc(C)c(=O)[nH]c2=O)CCn2cc(C)c(=O)[nH]c2=O)CCn2cc(C)c(=O)[nH]c2=O)CCn2cc(C)c(=O)[nH]c2=O)CCn2cc(C)c(=O)[nH]c2=O)c(=O)[nH]c1=O. The molecule has 524 valence electrons. The van der Waals surface area contributed by atoms with Crippen LogP contribution >= 0.6 is 0 Å². The molecule has 37 heteroatoms. The van der Waals surface area contributed by atoms with Crippen LogP contribution in [0.15, 0.2) is 94.7 Å². The number of nitrogens with one attached hydrogen (secondary N) is 7. The topological polar surface area (TPSA) is 480 Å². The first-order chi connectivity index (χ1) is 45.9. The minimum atomic E-state index is -1.25. The highest BCUT2D eigenvalue weighted by Crippen LogP contribution is 2.10. The number of aromatic nitrogens is 12. The van der Waals surface area contributed by atoms with Crippen LogP contribution in [0.1, 0.15) is 71.9 Å². The number of aliphatic carboxylic acids is 1. The average Bonchev–Trinajstić information content (AvgIpc) is 1.08. The summed E-state index contributed by atoms with van der Waals surface area (Å²) < 4.78 is 7.00. The van der Waals surface area contributed by atoms with Crippen LogP contribution in [0.3, 0.4) is 0 Å². The van der Waals surface area contributed by atoms with Crippen molar-refractivity contribution in [2.75, 3.05) is 78.5 Å². The van der Waals surface area contributed by atoms with Crippen molar-refractivity contribution in [2.24, 2.45) is 0 Å². The number of hydrogen-bond acceptors (Lipinski definition) is 19. The van der Waals surface area contributed by atoms with Gasteiger partial charge in [-0.05, 0) is 41.5 Å². The van der Waals surface area contributed by atoms with E-state index in [4.69, 9.17) is 0 Å². The summed E-state index contributed by atoms with van der Waals surface area (Å²) in [5, 5.41) is 12.6. The first kappa shape index (κ1) is 74.9. The third-order valence-corrected chi connectivity index (χ3v) is 16.0. The third kappa shape index (κ3) is 22.0. The van der Waals surface area contributed by atoms with Crippen molar-refractivity contribution < 1.29 is 33.9 Å². The Kier molecular flexibility index (Phi) is 26.9. The highest BCUT2D eigenvalue weighted by Gasteiger charge is 2.25. The van der Waals surface area contributed by atoms with Gasteiger partial charge in [0.1, 0.15) is 0 Å². The lowest BCUT2D eigenvalue weighted by molar-refractivity contribution is -0.139. The number of H-pyrrole nitrogens is 6. The molecule has 97 heavy (non-hydrogen) atoms. The maximum atomic E-state index is 14.7. The van der Waals surface area contributed by atoms with E-state index in [0.717, 1.165) is 18.3 Å². The summed E-state index contributed by atoms with van der Waals surface area (Å²) in [5.74, 6) is -4.40. The molecule has 6 rings (SSSR count). The van der Waals surface area contributed by atoms with Crippen molar-refractivity contribution in [2.45, 2.75) is 119 Å². The van der Waals surface area contributed by atoms with Gasteiger partial charge >= 0.3 is 40.1 Å². The fourth-order valence-electron chi connectivity index (χ4n) is 10.1. The normalized spacial score (nSPS) is 11.2. The molecule has 0 saturated carbocycles. The molecule has 0 aromatic carbocycles. The Morgan fingerprint density at radius 3 is 0.711 bits per heavy atom. The first-order valence-electron chi connectivity index (χ1n) is 31.0. The standard InChI is InChI=1S/C60H80N18O19/c1-37-31-73(55(92)62-49(37)86)20-14-61-13-7-43(79)68(21-26-74-32-38(2)50(87)63-56(74)93)15-8-44(80)69(22-27-75-33-39(3)51(88)64-57(75)94)16-9-45(81)70(23-28-76-34-40(4)52(89)65-58(76)95)17-10-46(82)71(24-29-77-35-41(5)53(90)66-59(77)96)18-11-47(83)72(19-12-48(84)85)25-30-78-36-42(6)54(91)67-60(78)97/h31-36,61H,7-30H2,1-6H3,(H,84,85)(H,62,86,92)(H,63,87,93)(H,64,88,94)(H,65,89,95)(H,66,90,96)(H,67,91,97). The molecule has 0 radical (unpaired) electrons. The maximum Gasteiger partial charge on any atom is 0.328 e. The van der Waals surface area contributed by atoms with Crippen LogP contribution in [0, 0.1) is 41.5 Å². The third-order valence-electron chi connectivity index (χ3n) is 16.0. The van der Waals surface area contributed by atoms with Crippen LogP contribution in [-0.2, 0) is 68.0 Å². The van der Waals surface area contributed by atoms with Crippen LogP contribution in [0.25, 0.3) is 0 Å². The summed E-state index contributed by atoms with van der Waals surface area (Å²) in [6, 6.07) is 0. The number of nitrogens with zero attached hydrogens (tertiary/aromatic N) is 11. The molecular weight excluding hydrogens is 1280 g/mol. The highest BCUT2D eigenvalue weighted by atomic mass is 16.4. The summed E-state index contributed by atoms with van der Waals surface area (Å²) in [6.07, 6.45) is 5.35. The zero-order valence-corrected chi connectivity index (χ0v) is 54.6. The van der Waals surface area contributed by atoms with Gasteiger partial charge in [0, 0.05) is 220 Å². The molecule has 0 unspecified atom stereocenters. The molecule has 0 bridgehead atoms. The van der Waals surface area contributed by atoms with E-state index in [1.54, 1.807) is 0 Å². The van der Waals surface area contributed by atoms with E-state index < -0.39 is 135 Å². The summed E-state index contributed by atoms with van der Waals surface area (Å²) in [7, 11) is 0. The van der Waals surface area contributed by atoms with Crippen molar-refractivity contribution in [3.63, 3.8) is 0 Å². The van der Waals surface area contributed by atoms with Crippen molar-refractivity contribution in [1.29, 1.82) is 0 Å². The molecule has 6 heterocycles. The van der Waals surface area contributed by atoms with Crippen LogP contribution < -0.4 is 72.8 Å². The molecule has 6 aromatic rings. The van der Waals surface area contributed by atoms with Crippen molar-refractivity contribution >= 4 is 35.5 Å². The molecule has 37 nitrogen and oxygen atoms in total. The molecule has 0 aliphatic rings. The van der Waals surface area contributed by atoms with Gasteiger partial charge in [-0.1, -0.05) is 0 Å². The largest absolute Gasteiger partial charge is 0.481 e. The maximum absolute atomic E-state index is 14.7. The Balaban J connectivity index is 1.25. The molecule has 0 fully saturated rings. The molecule has 0 saturated heterocycles. The number of carbonyl (C=O) groups is 6. The van der Waals surface area contributed by atoms with Crippen LogP contribution in [0.4, 0.5) is 0 Å². The number of carbonyl (C=O) groups excluding carboxylic acids is 5. The second-order valence-electron chi connectivity index (χ2n) is 23.1. The Morgan fingerprint density at radius 1 is 0.299 bits per heavy atom. The van der Waals surface area contributed by atoms with E-state index in [1.165, 1.54) is 112 Å². The predicted molar refractivity (Wildman–Crippen MR) is 347 cm³/mol. The highest BCUT2D eigenvalue weighted by molar-refractivity contribution is 5.82. The van der Waals surface area contributed by atoms with E-state index in [2.05, 4.69) is 35.2 Å². The molecule has 6 aromatic heterocycles. The number of carboxylic acids is 1. The van der Waals surface area contributed by atoms with Crippen molar-refractivity contribution in [3.05, 3.63) is 196 Å². The fourth-order valence-corrected chi connectivity index (χ4v) is 10.1. The number of aromatic amines is 6. The molecule has 0 aliphatic carbocycles. The van der Waals surface area contributed by atoms with E-state index in [0.29, 0.717) is 5.56 Å². The fraction of sp³-hybridized carbons (Fsp3) is 0.500. The van der Waals surface area contributed by atoms with Crippen LogP contribution in [0.5, 0.6) is 0 Å². The minimum Gasteiger partial charge on any atom is -0.481 e. The Labute approximate surface area is 548 Å². The van der Waals surface area contributed by atoms with Gasteiger partial charge in [-0.3, -0.25) is 115 Å². The zero-order chi connectivity index (χ0) is 71.4. The quantitative estimate of drug-likeness (QED) is 0.0170. The molecule has 8 N–H and O–H groups in total. The van der Waals surface area contributed by atoms with Crippen LogP contribution in [-0.4, -0.2) is 201 Å². The zero-order valence-electron chi connectivity index (χ0n) is 54.6. The number of rotatable bonds is 36. The minimum absolute atomic E-state index is 0.0785. The summed E-state index contributed by atoms with van der Waals surface area (Å²) >= 11 is 0. The summed E-state index contributed by atoms with van der Waals surface area (Å²) in [4.78, 5) is 253. The smallest absolute Gasteiger partial charge is 0.328 e. The van der Waals surface area contributed by atoms with Gasteiger partial charge in [0.2, 0.25) is 29.5 Å². The lowest BCUT2D eigenvalue weighted by atomic mass is 10.2. The van der Waals surface area contributed by atoms with Gasteiger partial charge < -0.3 is 34.9 Å². The second kappa shape index (κ2) is 34.8. The molecule has 5 amide bonds. The van der Waals surface area contributed by atoms with Crippen molar-refractivity contribution in [3.8, 4) is 0 Å². The number of hydrogen-bond donors (Lipinski definition) is 8. The van der Waals surface area contributed by atoms with Gasteiger partial charge in [0.15, 0.2) is 0 Å². The molecule has 0 spiro atoms.